The lowest BCUT2D eigenvalue weighted by Gasteiger charge is -2.24. The van der Waals surface area contributed by atoms with E-state index in [4.69, 9.17) is 9.72 Å². The third-order valence-corrected chi connectivity index (χ3v) is 8.51. The number of sulfonamides is 1. The zero-order valence-electron chi connectivity index (χ0n) is 19.0. The van der Waals surface area contributed by atoms with Crippen molar-refractivity contribution in [2.75, 3.05) is 27.2 Å². The molecule has 174 valence electrons. The molecule has 1 aromatic carbocycles. The first kappa shape index (κ1) is 23.4. The molecule has 1 atom stereocenters. The predicted molar refractivity (Wildman–Crippen MR) is 128 cm³/mol. The van der Waals surface area contributed by atoms with E-state index in [0.717, 1.165) is 62.4 Å². The van der Waals surface area contributed by atoms with Crippen LogP contribution >= 0.6 is 11.3 Å². The number of thiophene rings is 1. The Labute approximate surface area is 194 Å². The SMILES string of the molecule is CCCn1c(CN(Cc2cccs2)C[C@@H]2CCCO2)nc2cc(S(=O)(=O)N(C)C)ccc21. The van der Waals surface area contributed by atoms with E-state index in [0.29, 0.717) is 6.54 Å². The molecule has 0 spiro atoms. The summed E-state index contributed by atoms with van der Waals surface area (Å²) in [6.07, 6.45) is 3.45. The van der Waals surface area contributed by atoms with Crippen molar-refractivity contribution in [1.82, 2.24) is 18.8 Å². The van der Waals surface area contributed by atoms with Gasteiger partial charge in [-0.25, -0.2) is 17.7 Å². The minimum absolute atomic E-state index is 0.260. The molecule has 0 aliphatic carbocycles. The van der Waals surface area contributed by atoms with Gasteiger partial charge in [-0.05, 0) is 48.9 Å². The van der Waals surface area contributed by atoms with Gasteiger partial charge < -0.3 is 9.30 Å². The Morgan fingerprint density at radius 2 is 2.09 bits per heavy atom. The Balaban J connectivity index is 1.67. The molecule has 3 aromatic rings. The molecule has 0 radical (unpaired) electrons. The lowest BCUT2D eigenvalue weighted by atomic mass is 10.2. The summed E-state index contributed by atoms with van der Waals surface area (Å²) >= 11 is 1.77. The van der Waals surface area contributed by atoms with E-state index >= 15 is 0 Å². The highest BCUT2D eigenvalue weighted by Gasteiger charge is 2.23. The molecule has 9 heteroatoms. The van der Waals surface area contributed by atoms with E-state index in [-0.39, 0.29) is 11.0 Å². The van der Waals surface area contributed by atoms with Crippen molar-refractivity contribution in [3.8, 4) is 0 Å². The van der Waals surface area contributed by atoms with Crippen molar-refractivity contribution >= 4 is 32.4 Å². The van der Waals surface area contributed by atoms with Crippen molar-refractivity contribution in [2.45, 2.75) is 56.8 Å². The van der Waals surface area contributed by atoms with Crippen LogP contribution in [0.3, 0.4) is 0 Å². The molecular formula is C23H32N4O3S2. The molecule has 0 saturated carbocycles. The highest BCUT2D eigenvalue weighted by molar-refractivity contribution is 7.89. The predicted octanol–water partition coefficient (Wildman–Crippen LogP) is 3.94. The number of hydrogen-bond donors (Lipinski definition) is 0. The number of aryl methyl sites for hydroxylation is 1. The lowest BCUT2D eigenvalue weighted by molar-refractivity contribution is 0.0670. The molecule has 2 aromatic heterocycles. The fourth-order valence-electron chi connectivity index (χ4n) is 4.21. The lowest BCUT2D eigenvalue weighted by Crippen LogP contribution is -2.32. The van der Waals surface area contributed by atoms with Crippen LogP contribution in [-0.4, -0.2) is 60.5 Å². The normalized spacial score (nSPS) is 17.2. The molecule has 7 nitrogen and oxygen atoms in total. The van der Waals surface area contributed by atoms with Gasteiger partial charge in [-0.15, -0.1) is 11.3 Å². The van der Waals surface area contributed by atoms with Gasteiger partial charge in [0.05, 0.1) is 28.6 Å². The molecule has 1 aliphatic rings. The maximum absolute atomic E-state index is 12.6. The second-order valence-corrected chi connectivity index (χ2v) is 11.7. The fourth-order valence-corrected chi connectivity index (χ4v) is 5.88. The Kier molecular flexibility index (Phi) is 7.31. The van der Waals surface area contributed by atoms with Crippen molar-refractivity contribution in [3.63, 3.8) is 0 Å². The molecule has 1 saturated heterocycles. The van der Waals surface area contributed by atoms with Crippen LogP contribution in [0.4, 0.5) is 0 Å². The molecule has 0 unspecified atom stereocenters. The second kappa shape index (κ2) is 10.0. The summed E-state index contributed by atoms with van der Waals surface area (Å²) < 4.78 is 34.6. The van der Waals surface area contributed by atoms with Crippen molar-refractivity contribution in [3.05, 3.63) is 46.4 Å². The van der Waals surface area contributed by atoms with Crippen LogP contribution in [0.1, 0.15) is 36.9 Å². The molecule has 3 heterocycles. The van der Waals surface area contributed by atoms with Crippen LogP contribution in [0.15, 0.2) is 40.6 Å². The van der Waals surface area contributed by atoms with Gasteiger partial charge in [-0.1, -0.05) is 13.0 Å². The number of hydrogen-bond acceptors (Lipinski definition) is 6. The minimum atomic E-state index is -3.50. The summed E-state index contributed by atoms with van der Waals surface area (Å²) in [6.45, 7) is 6.26. The zero-order chi connectivity index (χ0) is 22.7. The minimum Gasteiger partial charge on any atom is -0.377 e. The first-order chi connectivity index (χ1) is 15.4. The first-order valence-corrected chi connectivity index (χ1v) is 13.5. The van der Waals surface area contributed by atoms with Crippen LogP contribution in [0.5, 0.6) is 0 Å². The summed E-state index contributed by atoms with van der Waals surface area (Å²) in [5.41, 5.74) is 1.71. The van der Waals surface area contributed by atoms with Crippen LogP contribution in [-0.2, 0) is 34.4 Å². The first-order valence-electron chi connectivity index (χ1n) is 11.2. The van der Waals surface area contributed by atoms with Crippen LogP contribution in [0, 0.1) is 0 Å². The van der Waals surface area contributed by atoms with Gasteiger partial charge >= 0.3 is 0 Å². The highest BCUT2D eigenvalue weighted by Crippen LogP contribution is 2.25. The van der Waals surface area contributed by atoms with Crippen molar-refractivity contribution in [1.29, 1.82) is 0 Å². The topological polar surface area (TPSA) is 67.7 Å². The van der Waals surface area contributed by atoms with Gasteiger partial charge in [-0.3, -0.25) is 4.90 Å². The van der Waals surface area contributed by atoms with E-state index in [1.165, 1.54) is 9.18 Å². The standard InChI is InChI=1S/C23H32N4O3S2/c1-4-11-27-22-10-9-20(32(28,29)25(2)3)14-21(22)24-23(27)17-26(15-18-7-5-12-30-18)16-19-8-6-13-31-19/h6,8-10,13-14,18H,4-5,7,11-12,15-17H2,1-3H3/t18-/m0/s1. The number of rotatable bonds is 10. The quantitative estimate of drug-likeness (QED) is 0.443. The number of ether oxygens (including phenoxy) is 1. The molecule has 1 fully saturated rings. The van der Waals surface area contributed by atoms with E-state index in [2.05, 4.69) is 33.9 Å². The van der Waals surface area contributed by atoms with Crippen LogP contribution in [0.2, 0.25) is 0 Å². The Morgan fingerprint density at radius 1 is 1.25 bits per heavy atom. The van der Waals surface area contributed by atoms with Gasteiger partial charge in [-0.2, -0.15) is 0 Å². The van der Waals surface area contributed by atoms with E-state index in [1.807, 2.05) is 6.07 Å². The number of imidazole rings is 1. The molecule has 0 amide bonds. The Morgan fingerprint density at radius 3 is 2.75 bits per heavy atom. The third-order valence-electron chi connectivity index (χ3n) is 5.83. The Hall–Kier alpha value is -1.78. The summed E-state index contributed by atoms with van der Waals surface area (Å²) in [7, 11) is -0.399. The number of nitrogens with zero attached hydrogens (tertiary/aromatic N) is 4. The molecular weight excluding hydrogens is 444 g/mol. The number of aromatic nitrogens is 2. The summed E-state index contributed by atoms with van der Waals surface area (Å²) in [5.74, 6) is 0.968. The maximum Gasteiger partial charge on any atom is 0.242 e. The average molecular weight is 477 g/mol. The molecule has 0 bridgehead atoms. The largest absolute Gasteiger partial charge is 0.377 e. The van der Waals surface area contributed by atoms with E-state index in [9.17, 15) is 8.42 Å². The van der Waals surface area contributed by atoms with Gasteiger partial charge in [0.1, 0.15) is 5.82 Å². The molecule has 4 rings (SSSR count). The van der Waals surface area contributed by atoms with Crippen molar-refractivity contribution in [2.24, 2.45) is 0 Å². The smallest absolute Gasteiger partial charge is 0.242 e. The highest BCUT2D eigenvalue weighted by atomic mass is 32.2. The van der Waals surface area contributed by atoms with Crippen LogP contribution < -0.4 is 0 Å². The molecule has 1 aliphatic heterocycles. The summed E-state index contributed by atoms with van der Waals surface area (Å²) in [6, 6.07) is 9.53. The summed E-state index contributed by atoms with van der Waals surface area (Å²) in [5, 5.41) is 2.11. The zero-order valence-corrected chi connectivity index (χ0v) is 20.7. The number of fused-ring (bicyclic) bond motifs is 1. The van der Waals surface area contributed by atoms with Gasteiger partial charge in [0, 0.05) is 45.2 Å². The average Bonchev–Trinajstić information content (AvgIpc) is 3.51. The van der Waals surface area contributed by atoms with Crippen LogP contribution in [0.25, 0.3) is 11.0 Å². The summed E-state index contributed by atoms with van der Waals surface area (Å²) in [4.78, 5) is 8.91. The maximum atomic E-state index is 12.6. The number of benzene rings is 1. The second-order valence-electron chi connectivity index (χ2n) is 8.50. The van der Waals surface area contributed by atoms with Gasteiger partial charge in [0.2, 0.25) is 10.0 Å². The van der Waals surface area contributed by atoms with Crippen molar-refractivity contribution < 1.29 is 13.2 Å². The Bertz CT molecular complexity index is 1130. The van der Waals surface area contributed by atoms with Gasteiger partial charge in [0.15, 0.2) is 0 Å². The fraction of sp³-hybridized carbons (Fsp3) is 0.522. The molecule has 0 N–H and O–H groups in total. The molecule has 32 heavy (non-hydrogen) atoms. The monoisotopic (exact) mass is 476 g/mol. The third kappa shape index (κ3) is 5.07. The van der Waals surface area contributed by atoms with E-state index < -0.39 is 10.0 Å². The van der Waals surface area contributed by atoms with E-state index in [1.54, 1.807) is 37.6 Å². The van der Waals surface area contributed by atoms with Gasteiger partial charge in [0.25, 0.3) is 0 Å².